The van der Waals surface area contributed by atoms with E-state index in [1.54, 1.807) is 0 Å². The second-order valence-corrected chi connectivity index (χ2v) is 13.5. The Hall–Kier alpha value is -2.12. The van der Waals surface area contributed by atoms with Crippen LogP contribution >= 0.6 is 0 Å². The van der Waals surface area contributed by atoms with Crippen molar-refractivity contribution in [3.05, 3.63) is 22.8 Å². The van der Waals surface area contributed by atoms with E-state index < -0.39 is 39.8 Å². The van der Waals surface area contributed by atoms with Crippen LogP contribution < -0.4 is 0 Å². The Labute approximate surface area is 219 Å². The zero-order valence-corrected chi connectivity index (χ0v) is 23.2. The summed E-state index contributed by atoms with van der Waals surface area (Å²) < 4.78 is 0. The number of carboxylic acids is 1. The lowest BCUT2D eigenvalue weighted by atomic mass is 9.42. The first-order valence-electron chi connectivity index (χ1n) is 13.6. The van der Waals surface area contributed by atoms with E-state index in [4.69, 9.17) is 5.11 Å². The van der Waals surface area contributed by atoms with Crippen LogP contribution in [0.15, 0.2) is 22.8 Å². The van der Waals surface area contributed by atoms with E-state index in [9.17, 15) is 29.4 Å². The average Bonchev–Trinajstić information content (AvgIpc) is 2.99. The maximum absolute atomic E-state index is 14.0. The molecule has 7 heteroatoms. The van der Waals surface area contributed by atoms with Crippen LogP contribution in [0.4, 0.5) is 0 Å². The molecule has 4 aliphatic carbocycles. The average molecular weight is 515 g/mol. The van der Waals surface area contributed by atoms with Crippen molar-refractivity contribution in [1.82, 2.24) is 0 Å². The molecule has 0 bridgehead atoms. The highest BCUT2D eigenvalue weighted by molar-refractivity contribution is 6.05. The second-order valence-electron chi connectivity index (χ2n) is 13.5. The van der Waals surface area contributed by atoms with Crippen molar-refractivity contribution in [2.45, 2.75) is 99.2 Å². The molecule has 8 atom stereocenters. The third-order valence-electron chi connectivity index (χ3n) is 11.2. The molecule has 0 aromatic heterocycles. The molecule has 0 aliphatic heterocycles. The molecule has 7 nitrogen and oxygen atoms in total. The van der Waals surface area contributed by atoms with Crippen LogP contribution in [0.25, 0.3) is 0 Å². The Morgan fingerprint density at radius 2 is 1.73 bits per heavy atom. The highest BCUT2D eigenvalue weighted by Crippen LogP contribution is 2.70. The Kier molecular flexibility index (Phi) is 6.56. The van der Waals surface area contributed by atoms with Gasteiger partial charge in [-0.3, -0.25) is 14.4 Å². The van der Waals surface area contributed by atoms with Gasteiger partial charge in [0.25, 0.3) is 0 Å². The van der Waals surface area contributed by atoms with Gasteiger partial charge in [0, 0.05) is 41.2 Å². The summed E-state index contributed by atoms with van der Waals surface area (Å²) in [6, 6.07) is 0. The number of carboxylic acid groups (broad SMARTS) is 1. The van der Waals surface area contributed by atoms with E-state index in [-0.39, 0.29) is 59.9 Å². The van der Waals surface area contributed by atoms with Gasteiger partial charge in [0.2, 0.25) is 0 Å². The normalized spacial score (nSPS) is 41.2. The van der Waals surface area contributed by atoms with Gasteiger partial charge in [-0.1, -0.05) is 34.6 Å². The molecule has 0 saturated heterocycles. The van der Waals surface area contributed by atoms with Crippen molar-refractivity contribution in [3.63, 3.8) is 0 Å². The predicted octanol–water partition coefficient (Wildman–Crippen LogP) is 4.05. The van der Waals surface area contributed by atoms with Crippen molar-refractivity contribution in [3.8, 4) is 0 Å². The molecule has 0 aromatic carbocycles. The molecule has 0 radical (unpaired) electrons. The molecule has 3 N–H and O–H groups in total. The molecular weight excluding hydrogens is 472 g/mol. The van der Waals surface area contributed by atoms with Crippen LogP contribution in [0.2, 0.25) is 0 Å². The molecule has 204 valence electrons. The minimum Gasteiger partial charge on any atom is -0.478 e. The van der Waals surface area contributed by atoms with E-state index in [0.717, 1.165) is 0 Å². The van der Waals surface area contributed by atoms with Crippen molar-refractivity contribution < 1.29 is 34.5 Å². The highest BCUT2D eigenvalue weighted by atomic mass is 16.4. The van der Waals surface area contributed by atoms with E-state index in [1.165, 1.54) is 13.0 Å². The van der Waals surface area contributed by atoms with Gasteiger partial charge in [0.15, 0.2) is 5.78 Å². The first-order valence-corrected chi connectivity index (χ1v) is 13.6. The number of fused-ring (bicyclic) bond motifs is 4. The fourth-order valence-corrected chi connectivity index (χ4v) is 8.89. The fraction of sp³-hybridized carbons (Fsp3) is 0.733. The summed E-state index contributed by atoms with van der Waals surface area (Å²) in [5, 5.41) is 31.3. The minimum absolute atomic E-state index is 0.00541. The summed E-state index contributed by atoms with van der Waals surface area (Å²) in [6.07, 6.45) is 1.32. The third-order valence-corrected chi connectivity index (χ3v) is 11.2. The standard InChI is InChI=1S/C30H42O7/c1-15(10-17(31)11-16(2)26(36)37)18-12-23(35)30(7)25-19(32)13-21-27(3,4)22(34)8-9-28(21,5)24(25)20(33)14-29(18,30)6/h11,15,17-19,21,31-32H,8-10,12-14H2,1-7H3,(H,36,37)/b16-11+/t15-,17+,18-,19+,21+,28+,29-,30+/m1/s1. The third kappa shape index (κ3) is 3.75. The van der Waals surface area contributed by atoms with Crippen molar-refractivity contribution in [1.29, 1.82) is 0 Å². The number of aliphatic hydroxyl groups excluding tert-OH is 2. The van der Waals surface area contributed by atoms with Crippen molar-refractivity contribution in [2.75, 3.05) is 0 Å². The number of Topliss-reactive ketones (excluding diaryl/α,β-unsaturated/α-hetero) is 3. The quantitative estimate of drug-likeness (QED) is 0.472. The summed E-state index contributed by atoms with van der Waals surface area (Å²) in [4.78, 5) is 51.9. The number of allylic oxidation sites excluding steroid dienone is 1. The van der Waals surface area contributed by atoms with Gasteiger partial charge >= 0.3 is 5.97 Å². The number of ketones is 3. The van der Waals surface area contributed by atoms with Crippen LogP contribution in [0.3, 0.4) is 0 Å². The zero-order valence-electron chi connectivity index (χ0n) is 23.2. The molecule has 0 unspecified atom stereocenters. The number of aliphatic carboxylic acids is 1. The molecule has 0 heterocycles. The van der Waals surface area contributed by atoms with Crippen LogP contribution in [0, 0.1) is 39.4 Å². The summed E-state index contributed by atoms with van der Waals surface area (Å²) in [5.41, 5.74) is -1.80. The Morgan fingerprint density at radius 3 is 2.32 bits per heavy atom. The number of aliphatic hydroxyl groups is 2. The van der Waals surface area contributed by atoms with Crippen LogP contribution in [-0.4, -0.2) is 50.8 Å². The van der Waals surface area contributed by atoms with Gasteiger partial charge in [0.05, 0.1) is 17.6 Å². The monoisotopic (exact) mass is 514 g/mol. The molecule has 0 amide bonds. The van der Waals surface area contributed by atoms with E-state index in [2.05, 4.69) is 0 Å². The van der Waals surface area contributed by atoms with Gasteiger partial charge in [-0.25, -0.2) is 4.79 Å². The molecular formula is C30H42O7. The van der Waals surface area contributed by atoms with E-state index >= 15 is 0 Å². The minimum atomic E-state index is -1.09. The topological polar surface area (TPSA) is 129 Å². The second kappa shape index (κ2) is 8.70. The van der Waals surface area contributed by atoms with Crippen LogP contribution in [0.5, 0.6) is 0 Å². The molecule has 2 saturated carbocycles. The Bertz CT molecular complexity index is 1130. The van der Waals surface area contributed by atoms with Gasteiger partial charge < -0.3 is 15.3 Å². The van der Waals surface area contributed by atoms with Gasteiger partial charge in [-0.15, -0.1) is 0 Å². The van der Waals surface area contributed by atoms with Crippen molar-refractivity contribution in [2.24, 2.45) is 39.4 Å². The maximum Gasteiger partial charge on any atom is 0.331 e. The van der Waals surface area contributed by atoms with E-state index in [0.29, 0.717) is 30.4 Å². The van der Waals surface area contributed by atoms with Crippen LogP contribution in [-0.2, 0) is 19.2 Å². The lowest BCUT2D eigenvalue weighted by Gasteiger charge is -2.60. The lowest BCUT2D eigenvalue weighted by molar-refractivity contribution is -0.146. The molecule has 37 heavy (non-hydrogen) atoms. The number of rotatable bonds is 5. The Morgan fingerprint density at radius 1 is 1.11 bits per heavy atom. The van der Waals surface area contributed by atoms with Gasteiger partial charge in [-0.05, 0) is 67.9 Å². The molecule has 2 fully saturated rings. The predicted molar refractivity (Wildman–Crippen MR) is 137 cm³/mol. The molecule has 4 rings (SSSR count). The number of hydrogen-bond acceptors (Lipinski definition) is 6. The van der Waals surface area contributed by atoms with Gasteiger partial charge in [-0.2, -0.15) is 0 Å². The van der Waals surface area contributed by atoms with E-state index in [1.807, 2.05) is 41.5 Å². The first kappa shape index (κ1) is 27.9. The molecule has 4 aliphatic rings. The number of carbonyl (C=O) groups excluding carboxylic acids is 3. The molecule has 0 aromatic rings. The van der Waals surface area contributed by atoms with Crippen molar-refractivity contribution >= 4 is 23.3 Å². The summed E-state index contributed by atoms with van der Waals surface area (Å²) >= 11 is 0. The zero-order chi connectivity index (χ0) is 27.9. The maximum atomic E-state index is 14.0. The fourth-order valence-electron chi connectivity index (χ4n) is 8.89. The van der Waals surface area contributed by atoms with Gasteiger partial charge in [0.1, 0.15) is 11.6 Å². The number of hydrogen-bond donors (Lipinski definition) is 3. The lowest BCUT2D eigenvalue weighted by Crippen LogP contribution is -2.60. The largest absolute Gasteiger partial charge is 0.478 e. The summed E-state index contributed by atoms with van der Waals surface area (Å²) in [7, 11) is 0. The Balaban J connectivity index is 1.77. The number of carbonyl (C=O) groups is 4. The smallest absolute Gasteiger partial charge is 0.331 e. The summed E-state index contributed by atoms with van der Waals surface area (Å²) in [6.45, 7) is 13.1. The first-order chi connectivity index (χ1) is 16.9. The highest BCUT2D eigenvalue weighted by Gasteiger charge is 2.70. The van der Waals surface area contributed by atoms with Crippen LogP contribution in [0.1, 0.15) is 87.0 Å². The molecule has 0 spiro atoms. The SMILES string of the molecule is C/C(=C\[C@@H](O)C[C@@H](C)[C@H]1CC(=O)[C@@]2(C)C3=C(C(=O)C[C@]12C)[C@@]1(C)CCC(=O)C(C)(C)[C@@H]1C[C@@H]3O)C(=O)O. The summed E-state index contributed by atoms with van der Waals surface area (Å²) in [5.74, 6) is -1.52.